The van der Waals surface area contributed by atoms with Crippen LogP contribution < -0.4 is 9.30 Å². The summed E-state index contributed by atoms with van der Waals surface area (Å²) in [5, 5.41) is 5.74. The van der Waals surface area contributed by atoms with E-state index in [9.17, 15) is 0 Å². The highest BCUT2D eigenvalue weighted by atomic mass is 32.1. The van der Waals surface area contributed by atoms with Crippen molar-refractivity contribution in [1.29, 1.82) is 0 Å². The number of hydrogen-bond acceptors (Lipinski definition) is 3. The topological polar surface area (TPSA) is 26.2 Å². The largest absolute Gasteiger partial charge is 0.456 e. The molecule has 4 heterocycles. The van der Waals surface area contributed by atoms with Gasteiger partial charge < -0.3 is 9.15 Å². The van der Waals surface area contributed by atoms with Crippen molar-refractivity contribution in [2.24, 2.45) is 12.5 Å². The normalized spacial score (nSPS) is 13.2. The number of thiophene rings is 1. The van der Waals surface area contributed by atoms with Crippen LogP contribution in [0, 0.1) is 12.3 Å². The Labute approximate surface area is 179 Å². The minimum atomic E-state index is 0.0986. The molecule has 5 aromatic rings. The molecule has 0 spiro atoms. The summed E-state index contributed by atoms with van der Waals surface area (Å²) in [6.45, 7) is 9.03. The maximum Gasteiger partial charge on any atom is 0.228 e. The second kappa shape index (κ2) is 5.86. The summed E-state index contributed by atoms with van der Waals surface area (Å²) >= 11 is 1.74. The molecule has 0 N–H and O–H groups in total. The van der Waals surface area contributed by atoms with Gasteiger partial charge in [-0.3, -0.25) is 0 Å². The van der Waals surface area contributed by atoms with Crippen LogP contribution in [0.2, 0.25) is 0 Å². The first-order chi connectivity index (χ1) is 14.3. The molecule has 150 valence electrons. The number of ether oxygens (including phenoxy) is 1. The molecule has 3 aromatic heterocycles. The highest BCUT2D eigenvalue weighted by molar-refractivity contribution is 7.17. The van der Waals surface area contributed by atoms with E-state index in [1.165, 1.54) is 43.2 Å². The van der Waals surface area contributed by atoms with E-state index in [0.29, 0.717) is 0 Å². The van der Waals surface area contributed by atoms with Crippen molar-refractivity contribution >= 4 is 43.4 Å². The van der Waals surface area contributed by atoms with E-state index in [0.717, 1.165) is 29.1 Å². The van der Waals surface area contributed by atoms with Gasteiger partial charge in [-0.2, -0.15) is 0 Å². The molecule has 1 aliphatic heterocycles. The monoisotopic (exact) mass is 414 g/mol. The quantitative estimate of drug-likeness (QED) is 0.264. The summed E-state index contributed by atoms with van der Waals surface area (Å²) in [6, 6.07) is 10.5. The van der Waals surface area contributed by atoms with E-state index in [2.05, 4.69) is 75.2 Å². The van der Waals surface area contributed by atoms with Gasteiger partial charge in [0.2, 0.25) is 5.69 Å². The zero-order valence-electron chi connectivity index (χ0n) is 17.9. The predicted molar refractivity (Wildman–Crippen MR) is 124 cm³/mol. The van der Waals surface area contributed by atoms with Gasteiger partial charge in [0.05, 0.1) is 10.3 Å². The van der Waals surface area contributed by atoms with Crippen molar-refractivity contribution in [3.05, 3.63) is 53.0 Å². The fourth-order valence-corrected chi connectivity index (χ4v) is 5.75. The molecular weight excluding hydrogens is 390 g/mol. The third-order valence-corrected chi connectivity index (χ3v) is 7.03. The molecule has 2 aromatic carbocycles. The van der Waals surface area contributed by atoms with Crippen LogP contribution in [0.1, 0.15) is 31.9 Å². The molecule has 0 aliphatic carbocycles. The molecule has 6 rings (SSSR count). The van der Waals surface area contributed by atoms with Crippen LogP contribution in [-0.4, -0.2) is 0 Å². The first-order valence-electron chi connectivity index (χ1n) is 10.4. The van der Waals surface area contributed by atoms with Crippen molar-refractivity contribution in [3.63, 3.8) is 0 Å². The van der Waals surface area contributed by atoms with Gasteiger partial charge in [0.1, 0.15) is 29.3 Å². The summed E-state index contributed by atoms with van der Waals surface area (Å²) in [4.78, 5) is 0. The van der Waals surface area contributed by atoms with Gasteiger partial charge in [-0.15, -0.1) is 11.3 Å². The lowest BCUT2D eigenvalue weighted by atomic mass is 9.83. The van der Waals surface area contributed by atoms with E-state index < -0.39 is 0 Å². The van der Waals surface area contributed by atoms with E-state index >= 15 is 0 Å². The molecule has 3 nitrogen and oxygen atoms in total. The van der Waals surface area contributed by atoms with Gasteiger partial charge in [-0.05, 0) is 30.4 Å². The third kappa shape index (κ3) is 2.34. The van der Waals surface area contributed by atoms with Crippen LogP contribution in [0.5, 0.6) is 11.5 Å². The van der Waals surface area contributed by atoms with Crippen LogP contribution in [-0.2, 0) is 13.5 Å². The van der Waals surface area contributed by atoms with Crippen molar-refractivity contribution in [2.75, 3.05) is 0 Å². The van der Waals surface area contributed by atoms with Crippen LogP contribution >= 0.6 is 11.3 Å². The molecule has 0 fully saturated rings. The van der Waals surface area contributed by atoms with Crippen molar-refractivity contribution < 1.29 is 13.7 Å². The van der Waals surface area contributed by atoms with Gasteiger partial charge >= 0.3 is 0 Å². The fourth-order valence-electron chi connectivity index (χ4n) is 4.90. The first kappa shape index (κ1) is 18.0. The lowest BCUT2D eigenvalue weighted by Gasteiger charge is -2.25. The van der Waals surface area contributed by atoms with Crippen LogP contribution in [0.25, 0.3) is 43.3 Å². The Balaban J connectivity index is 1.85. The van der Waals surface area contributed by atoms with Gasteiger partial charge in [-0.25, -0.2) is 4.57 Å². The number of pyridine rings is 1. The van der Waals surface area contributed by atoms with E-state index in [4.69, 9.17) is 9.15 Å². The molecular formula is C26H24NO2S+. The SMILES string of the molecule is Cc1c2c(c(CC(C)(C)C)c3oc4ccccc4c13)Oc1csc3cc[n+](C)c-2c13. The Morgan fingerprint density at radius 3 is 2.67 bits per heavy atom. The summed E-state index contributed by atoms with van der Waals surface area (Å²) in [5.74, 6) is 1.92. The van der Waals surface area contributed by atoms with Crippen molar-refractivity contribution in [1.82, 2.24) is 0 Å². The summed E-state index contributed by atoms with van der Waals surface area (Å²) in [6.07, 6.45) is 3.04. The van der Waals surface area contributed by atoms with E-state index in [1.54, 1.807) is 11.3 Å². The number of nitrogens with zero attached hydrogens (tertiary/aromatic N) is 1. The number of benzene rings is 2. The van der Waals surface area contributed by atoms with Crippen molar-refractivity contribution in [2.45, 2.75) is 34.1 Å². The van der Waals surface area contributed by atoms with Crippen LogP contribution in [0.4, 0.5) is 0 Å². The first-order valence-corrected chi connectivity index (χ1v) is 11.3. The standard InChI is InChI=1S/C26H24NO2S/c1-14-20-15-8-6-7-9-17(15)28-24(20)16(12-26(2,3)4)25-21(14)23-22-18(29-25)13-30-19(22)10-11-27(23)5/h6-11,13H,12H2,1-5H3/q+1. The van der Waals surface area contributed by atoms with E-state index in [-0.39, 0.29) is 5.41 Å². The maximum atomic E-state index is 6.64. The molecule has 0 unspecified atom stereocenters. The Morgan fingerprint density at radius 2 is 1.87 bits per heavy atom. The zero-order valence-corrected chi connectivity index (χ0v) is 18.7. The number of para-hydroxylation sites is 1. The Morgan fingerprint density at radius 1 is 1.07 bits per heavy atom. The van der Waals surface area contributed by atoms with Gasteiger partial charge in [-0.1, -0.05) is 39.0 Å². The average Bonchev–Trinajstić information content (AvgIpc) is 3.28. The highest BCUT2D eigenvalue weighted by Crippen LogP contribution is 2.54. The lowest BCUT2D eigenvalue weighted by Crippen LogP contribution is -2.31. The molecule has 0 saturated heterocycles. The van der Waals surface area contributed by atoms with E-state index in [1.807, 2.05) is 6.07 Å². The molecule has 1 aliphatic rings. The Bertz CT molecular complexity index is 1500. The second-order valence-electron chi connectivity index (χ2n) is 9.56. The molecule has 0 amide bonds. The molecule has 0 atom stereocenters. The minimum absolute atomic E-state index is 0.0986. The Hall–Kier alpha value is -2.85. The number of aromatic nitrogens is 1. The number of hydrogen-bond donors (Lipinski definition) is 0. The summed E-state index contributed by atoms with van der Waals surface area (Å²) in [7, 11) is 2.13. The average molecular weight is 415 g/mol. The van der Waals surface area contributed by atoms with Gasteiger partial charge in [0, 0.05) is 27.8 Å². The number of rotatable bonds is 1. The molecule has 30 heavy (non-hydrogen) atoms. The smallest absolute Gasteiger partial charge is 0.228 e. The molecule has 4 heteroatoms. The number of fused-ring (bicyclic) bond motifs is 5. The highest BCUT2D eigenvalue weighted by Gasteiger charge is 2.35. The van der Waals surface area contributed by atoms with Gasteiger partial charge in [0.25, 0.3) is 0 Å². The lowest BCUT2D eigenvalue weighted by molar-refractivity contribution is -0.659. The summed E-state index contributed by atoms with van der Waals surface area (Å²) < 4.78 is 16.6. The number of aryl methyl sites for hydroxylation is 2. The number of furan rings is 1. The predicted octanol–water partition coefficient (Wildman–Crippen LogP) is 7.29. The second-order valence-corrected chi connectivity index (χ2v) is 10.5. The Kier molecular flexibility index (Phi) is 3.51. The molecule has 0 bridgehead atoms. The van der Waals surface area contributed by atoms with Crippen LogP contribution in [0.15, 0.2) is 46.3 Å². The van der Waals surface area contributed by atoms with Gasteiger partial charge in [0.15, 0.2) is 11.9 Å². The van der Waals surface area contributed by atoms with Crippen molar-refractivity contribution in [3.8, 4) is 22.8 Å². The molecule has 0 saturated carbocycles. The zero-order chi connectivity index (χ0) is 20.8. The fraction of sp³-hybridized carbons (Fsp3) is 0.269. The molecule has 0 radical (unpaired) electrons. The third-order valence-electron chi connectivity index (χ3n) is 6.10. The minimum Gasteiger partial charge on any atom is -0.456 e. The van der Waals surface area contributed by atoms with Crippen LogP contribution in [0.3, 0.4) is 0 Å². The summed E-state index contributed by atoms with van der Waals surface area (Å²) in [5.41, 5.74) is 6.84. The maximum absolute atomic E-state index is 6.64.